The predicted octanol–water partition coefficient (Wildman–Crippen LogP) is 3.10. The van der Waals surface area contributed by atoms with Crippen LogP contribution >= 0.6 is 0 Å². The monoisotopic (exact) mass is 630 g/mol. The number of benzene rings is 3. The first-order valence-corrected chi connectivity index (χ1v) is 15.6. The zero-order chi connectivity index (χ0) is 34.1. The molecule has 8 N–H and O–H groups in total. The Morgan fingerprint density at radius 3 is 2.22 bits per heavy atom. The summed E-state index contributed by atoms with van der Waals surface area (Å²) in [6, 6.07) is 22.3. The molecule has 0 aliphatic heterocycles. The number of amides is 4. The Balaban J connectivity index is 0.000000552. The minimum Gasteiger partial charge on any atom is -0.368 e. The maximum absolute atomic E-state index is 13.2. The molecule has 46 heavy (non-hydrogen) atoms. The van der Waals surface area contributed by atoms with E-state index < -0.39 is 41.3 Å². The van der Waals surface area contributed by atoms with Crippen molar-refractivity contribution in [3.05, 3.63) is 96.1 Å². The number of aryl methyl sites for hydroxylation is 1. The van der Waals surface area contributed by atoms with Gasteiger partial charge in [-0.3, -0.25) is 19.2 Å². The van der Waals surface area contributed by atoms with Crippen molar-refractivity contribution in [2.24, 2.45) is 17.2 Å². The topological polar surface area (TPSA) is 174 Å². The molecule has 2 atom stereocenters. The summed E-state index contributed by atoms with van der Waals surface area (Å²) in [5, 5.41) is 7.85. The van der Waals surface area contributed by atoms with E-state index in [1.54, 1.807) is 6.08 Å². The number of nitrogens with two attached hydrogens (primary N) is 3. The number of nitrogens with one attached hydrogen (secondary N) is 2. The Bertz CT molecular complexity index is 1450. The highest BCUT2D eigenvalue weighted by Gasteiger charge is 2.30. The van der Waals surface area contributed by atoms with Crippen LogP contribution in [0.25, 0.3) is 10.8 Å². The molecule has 0 aliphatic carbocycles. The molecule has 4 amide bonds. The summed E-state index contributed by atoms with van der Waals surface area (Å²) >= 11 is 0. The Labute approximate surface area is 272 Å². The third kappa shape index (κ3) is 14.0. The molecule has 10 heteroatoms. The molecule has 0 saturated heterocycles. The van der Waals surface area contributed by atoms with E-state index >= 15 is 0 Å². The quantitative estimate of drug-likeness (QED) is 0.127. The van der Waals surface area contributed by atoms with Crippen LogP contribution in [0.4, 0.5) is 0 Å². The van der Waals surface area contributed by atoms with E-state index in [1.165, 1.54) is 34.4 Å². The summed E-state index contributed by atoms with van der Waals surface area (Å²) in [5.41, 5.74) is 18.6. The second kappa shape index (κ2) is 19.1. The molecule has 2 unspecified atom stereocenters. The highest BCUT2D eigenvalue weighted by atomic mass is 16.2. The van der Waals surface area contributed by atoms with Crippen molar-refractivity contribution < 1.29 is 19.2 Å². The molecule has 0 bridgehead atoms. The molecule has 0 aromatic heterocycles. The molecule has 0 radical (unpaired) electrons. The van der Waals surface area contributed by atoms with Crippen LogP contribution in [0.15, 0.2) is 84.9 Å². The van der Waals surface area contributed by atoms with Gasteiger partial charge in [0.2, 0.25) is 23.6 Å². The summed E-state index contributed by atoms with van der Waals surface area (Å²) in [4.78, 5) is 51.2. The normalized spacial score (nSPS) is 12.5. The van der Waals surface area contributed by atoms with Crippen molar-refractivity contribution in [3.8, 4) is 0 Å². The van der Waals surface area contributed by atoms with Gasteiger partial charge in [0.25, 0.3) is 0 Å². The Kier molecular flexibility index (Phi) is 15.6. The number of unbranched alkanes of at least 4 members (excludes halogenated alkanes) is 1. The molecule has 3 aromatic carbocycles. The molecule has 0 heterocycles. The van der Waals surface area contributed by atoms with Gasteiger partial charge in [0, 0.05) is 19.0 Å². The van der Waals surface area contributed by atoms with E-state index in [9.17, 15) is 19.2 Å². The summed E-state index contributed by atoms with van der Waals surface area (Å²) in [6.45, 7) is 5.98. The van der Waals surface area contributed by atoms with Crippen LogP contribution in [-0.2, 0) is 25.6 Å². The van der Waals surface area contributed by atoms with Gasteiger partial charge in [-0.25, -0.2) is 0 Å². The van der Waals surface area contributed by atoms with Crippen LogP contribution in [0.5, 0.6) is 0 Å². The Morgan fingerprint density at radius 2 is 1.59 bits per heavy atom. The maximum atomic E-state index is 13.2. The number of hydrogen-bond donors (Lipinski definition) is 5. The number of carbonyl (C=O) groups is 4. The van der Waals surface area contributed by atoms with Crippen molar-refractivity contribution in [2.75, 3.05) is 20.1 Å². The molecule has 0 spiro atoms. The molecule has 3 rings (SSSR count). The fraction of sp³-hybridized carbons (Fsp3) is 0.389. The van der Waals surface area contributed by atoms with Crippen LogP contribution in [0.3, 0.4) is 0 Å². The number of rotatable bonds is 15. The largest absolute Gasteiger partial charge is 0.368 e. The zero-order valence-electron chi connectivity index (χ0n) is 27.5. The molecular weight excluding hydrogens is 580 g/mol. The van der Waals surface area contributed by atoms with Crippen molar-refractivity contribution in [3.63, 3.8) is 0 Å². The first-order chi connectivity index (χ1) is 21.8. The van der Waals surface area contributed by atoms with Gasteiger partial charge in [0.15, 0.2) is 0 Å². The standard InChI is InChI=1S/C25H40N6O4.C11H10/c1-25(2,28)14-9-13-21(32)29-17-22(33)31(3)20(16-18-10-5-4-6-11-18)24(35)30-19(23(27)34)12-7-8-15-26;1-9-6-7-10-4-2-3-5-11(10)8-9/h4-6,9-11,13,19-20H,7-8,12,14-17,26,28H2,1-3H3,(H2,27,34)(H,29,32)(H,30,35);2-8H,1H3/b13-9+;. The smallest absolute Gasteiger partial charge is 0.244 e. The Hall–Kier alpha value is -4.54. The second-order valence-electron chi connectivity index (χ2n) is 12.1. The van der Waals surface area contributed by atoms with Crippen molar-refractivity contribution in [2.45, 2.75) is 70.5 Å². The predicted molar refractivity (Wildman–Crippen MR) is 184 cm³/mol. The van der Waals surface area contributed by atoms with E-state index in [4.69, 9.17) is 17.2 Å². The van der Waals surface area contributed by atoms with E-state index in [0.29, 0.717) is 32.2 Å². The molecule has 248 valence electrons. The van der Waals surface area contributed by atoms with Crippen LogP contribution in [0, 0.1) is 6.92 Å². The zero-order valence-corrected chi connectivity index (χ0v) is 27.5. The third-order valence-corrected chi connectivity index (χ3v) is 7.27. The van der Waals surface area contributed by atoms with Gasteiger partial charge < -0.3 is 32.7 Å². The fourth-order valence-electron chi connectivity index (χ4n) is 4.59. The lowest BCUT2D eigenvalue weighted by molar-refractivity contribution is -0.139. The lowest BCUT2D eigenvalue weighted by Crippen LogP contribution is -2.55. The number of carbonyl (C=O) groups excluding carboxylic acids is 4. The van der Waals surface area contributed by atoms with Gasteiger partial charge >= 0.3 is 0 Å². The van der Waals surface area contributed by atoms with Gasteiger partial charge in [0.1, 0.15) is 12.1 Å². The number of fused-ring (bicyclic) bond motifs is 1. The van der Waals surface area contributed by atoms with Crippen molar-refractivity contribution in [1.29, 1.82) is 0 Å². The van der Waals surface area contributed by atoms with Crippen molar-refractivity contribution in [1.82, 2.24) is 15.5 Å². The van der Waals surface area contributed by atoms with E-state index in [1.807, 2.05) is 44.2 Å². The van der Waals surface area contributed by atoms with Gasteiger partial charge in [-0.2, -0.15) is 0 Å². The van der Waals surface area contributed by atoms with E-state index in [-0.39, 0.29) is 13.0 Å². The molecule has 0 saturated carbocycles. The average Bonchev–Trinajstić information content (AvgIpc) is 3.01. The fourth-order valence-corrected chi connectivity index (χ4v) is 4.59. The molecule has 3 aromatic rings. The highest BCUT2D eigenvalue weighted by molar-refractivity contribution is 5.94. The summed E-state index contributed by atoms with van der Waals surface area (Å²) in [7, 11) is 1.49. The maximum Gasteiger partial charge on any atom is 0.244 e. The van der Waals surface area contributed by atoms with Gasteiger partial charge in [-0.15, -0.1) is 0 Å². The first-order valence-electron chi connectivity index (χ1n) is 15.6. The number of hydrogen-bond acceptors (Lipinski definition) is 6. The van der Waals surface area contributed by atoms with E-state index in [0.717, 1.165) is 5.56 Å². The summed E-state index contributed by atoms with van der Waals surface area (Å²) in [6.07, 6.45) is 5.38. The minimum absolute atomic E-state index is 0.225. The minimum atomic E-state index is -0.910. The Morgan fingerprint density at radius 1 is 0.935 bits per heavy atom. The number of nitrogens with zero attached hydrogens (tertiary/aromatic N) is 1. The molecule has 0 aliphatic rings. The van der Waals surface area contributed by atoms with Crippen LogP contribution in [0.2, 0.25) is 0 Å². The van der Waals surface area contributed by atoms with Gasteiger partial charge in [-0.1, -0.05) is 84.4 Å². The number of likely N-dealkylation sites (N-methyl/N-ethyl adjacent to an activating group) is 1. The summed E-state index contributed by atoms with van der Waals surface area (Å²) in [5.74, 6) is -2.05. The van der Waals surface area contributed by atoms with Gasteiger partial charge in [-0.05, 0) is 75.4 Å². The SMILES string of the molecule is CN(C(=O)CNC(=O)/C=C/CC(C)(C)N)C(Cc1ccccc1)C(=O)NC(CCCCN)C(N)=O.Cc1ccc2ccccc2c1. The van der Waals surface area contributed by atoms with Crippen LogP contribution in [0.1, 0.15) is 50.7 Å². The lowest BCUT2D eigenvalue weighted by Gasteiger charge is -2.29. The lowest BCUT2D eigenvalue weighted by atomic mass is 10.0. The summed E-state index contributed by atoms with van der Waals surface area (Å²) < 4.78 is 0. The first kappa shape index (κ1) is 37.6. The van der Waals surface area contributed by atoms with Crippen molar-refractivity contribution >= 4 is 34.4 Å². The molecule has 0 fully saturated rings. The average molecular weight is 631 g/mol. The van der Waals surface area contributed by atoms with Crippen LogP contribution < -0.4 is 27.8 Å². The molecular formula is C36H50N6O4. The van der Waals surface area contributed by atoms with E-state index in [2.05, 4.69) is 60.0 Å². The second-order valence-corrected chi connectivity index (χ2v) is 12.1. The molecule has 10 nitrogen and oxygen atoms in total. The third-order valence-electron chi connectivity index (χ3n) is 7.27. The van der Waals surface area contributed by atoms with Gasteiger partial charge in [0.05, 0.1) is 6.54 Å². The number of primary amides is 1. The highest BCUT2D eigenvalue weighted by Crippen LogP contribution is 2.14. The van der Waals surface area contributed by atoms with Crippen LogP contribution in [-0.4, -0.2) is 66.3 Å².